The van der Waals surface area contributed by atoms with Gasteiger partial charge in [0.15, 0.2) is 5.13 Å². The molecule has 0 amide bonds. The Kier molecular flexibility index (Phi) is 3.49. The zero-order chi connectivity index (χ0) is 8.97. The van der Waals surface area contributed by atoms with Crippen LogP contribution in [0.25, 0.3) is 0 Å². The molecule has 0 unspecified atom stereocenters. The van der Waals surface area contributed by atoms with Crippen LogP contribution >= 0.6 is 11.3 Å². The van der Waals surface area contributed by atoms with Crippen molar-refractivity contribution in [1.82, 2.24) is 4.98 Å². The average molecular weight is 186 g/mol. The van der Waals surface area contributed by atoms with Crippen LogP contribution in [0, 0.1) is 0 Å². The smallest absolute Gasteiger partial charge is 0.180 e. The number of nitrogens with two attached hydrogens (primary N) is 1. The predicted molar refractivity (Wildman–Crippen MR) is 51.3 cm³/mol. The van der Waals surface area contributed by atoms with Crippen molar-refractivity contribution in [2.75, 3.05) is 12.3 Å². The SMILES string of the molecule is CC(C)OCCc1cnc(N)s1. The van der Waals surface area contributed by atoms with Gasteiger partial charge in [-0.2, -0.15) is 0 Å². The van der Waals surface area contributed by atoms with Crippen LogP contribution in [0.5, 0.6) is 0 Å². The van der Waals surface area contributed by atoms with Crippen molar-refractivity contribution in [3.8, 4) is 0 Å². The number of nitrogens with zero attached hydrogens (tertiary/aromatic N) is 1. The highest BCUT2D eigenvalue weighted by atomic mass is 32.1. The minimum atomic E-state index is 0.301. The first-order valence-corrected chi connectivity index (χ1v) is 4.82. The molecule has 0 saturated carbocycles. The van der Waals surface area contributed by atoms with Gasteiger partial charge in [-0.1, -0.05) is 0 Å². The number of aromatic nitrogens is 1. The fourth-order valence-electron chi connectivity index (χ4n) is 0.833. The summed E-state index contributed by atoms with van der Waals surface area (Å²) in [5, 5.41) is 0.634. The van der Waals surface area contributed by atoms with Gasteiger partial charge in [-0.25, -0.2) is 4.98 Å². The van der Waals surface area contributed by atoms with E-state index in [9.17, 15) is 0 Å². The lowest BCUT2D eigenvalue weighted by atomic mass is 10.4. The van der Waals surface area contributed by atoms with Crippen LogP contribution in [0.3, 0.4) is 0 Å². The maximum atomic E-state index is 5.48. The molecule has 1 rings (SSSR count). The van der Waals surface area contributed by atoms with Gasteiger partial charge in [0, 0.05) is 17.5 Å². The normalized spacial score (nSPS) is 10.9. The molecule has 12 heavy (non-hydrogen) atoms. The van der Waals surface area contributed by atoms with E-state index in [1.165, 1.54) is 16.2 Å². The minimum absolute atomic E-state index is 0.301. The first kappa shape index (κ1) is 9.48. The highest BCUT2D eigenvalue weighted by Gasteiger charge is 1.99. The van der Waals surface area contributed by atoms with Crippen LogP contribution in [-0.4, -0.2) is 17.7 Å². The summed E-state index contributed by atoms with van der Waals surface area (Å²) >= 11 is 1.53. The van der Waals surface area contributed by atoms with Gasteiger partial charge in [0.2, 0.25) is 0 Å². The molecule has 2 N–H and O–H groups in total. The Morgan fingerprint density at radius 3 is 2.92 bits per heavy atom. The number of thiazole rings is 1. The topological polar surface area (TPSA) is 48.1 Å². The molecular weight excluding hydrogens is 172 g/mol. The van der Waals surface area contributed by atoms with E-state index in [0.29, 0.717) is 11.2 Å². The fourth-order valence-corrected chi connectivity index (χ4v) is 1.50. The number of hydrogen-bond donors (Lipinski definition) is 1. The van der Waals surface area contributed by atoms with Crippen LogP contribution in [0.1, 0.15) is 18.7 Å². The second kappa shape index (κ2) is 4.42. The zero-order valence-corrected chi connectivity index (χ0v) is 8.23. The van der Waals surface area contributed by atoms with Gasteiger partial charge in [0.1, 0.15) is 0 Å². The highest BCUT2D eigenvalue weighted by molar-refractivity contribution is 7.15. The van der Waals surface area contributed by atoms with Gasteiger partial charge < -0.3 is 10.5 Å². The average Bonchev–Trinajstić information content (AvgIpc) is 2.35. The number of nitrogen functional groups attached to an aromatic ring is 1. The number of rotatable bonds is 4. The van der Waals surface area contributed by atoms with Gasteiger partial charge in [0.05, 0.1) is 12.7 Å². The third kappa shape index (κ3) is 3.19. The maximum Gasteiger partial charge on any atom is 0.180 e. The van der Waals surface area contributed by atoms with E-state index in [-0.39, 0.29) is 0 Å². The van der Waals surface area contributed by atoms with Gasteiger partial charge >= 0.3 is 0 Å². The number of hydrogen-bond acceptors (Lipinski definition) is 4. The van der Waals surface area contributed by atoms with Crippen LogP contribution in [0.15, 0.2) is 6.20 Å². The Labute approximate surface area is 76.6 Å². The van der Waals surface area contributed by atoms with Crippen molar-refractivity contribution in [1.29, 1.82) is 0 Å². The summed E-state index contributed by atoms with van der Waals surface area (Å²) in [4.78, 5) is 5.14. The van der Waals surface area contributed by atoms with Gasteiger partial charge in [0.25, 0.3) is 0 Å². The van der Waals surface area contributed by atoms with E-state index in [2.05, 4.69) is 4.98 Å². The van der Waals surface area contributed by atoms with Crippen LogP contribution in [-0.2, 0) is 11.2 Å². The molecule has 3 nitrogen and oxygen atoms in total. The molecule has 0 bridgehead atoms. The first-order valence-electron chi connectivity index (χ1n) is 4.00. The predicted octanol–water partition coefficient (Wildman–Crippen LogP) is 1.69. The van der Waals surface area contributed by atoms with Crippen molar-refractivity contribution in [3.63, 3.8) is 0 Å². The highest BCUT2D eigenvalue weighted by Crippen LogP contribution is 2.14. The zero-order valence-electron chi connectivity index (χ0n) is 7.41. The van der Waals surface area contributed by atoms with Crippen molar-refractivity contribution < 1.29 is 4.74 Å². The molecule has 0 aromatic carbocycles. The maximum absolute atomic E-state index is 5.48. The molecular formula is C8H14N2OS. The standard InChI is InChI=1S/C8H14N2OS/c1-6(2)11-4-3-7-5-10-8(9)12-7/h5-6H,3-4H2,1-2H3,(H2,9,10). The van der Waals surface area contributed by atoms with E-state index in [1.807, 2.05) is 20.0 Å². The minimum Gasteiger partial charge on any atom is -0.378 e. The molecule has 68 valence electrons. The Balaban J connectivity index is 2.24. The Hall–Kier alpha value is -0.610. The second-order valence-electron chi connectivity index (χ2n) is 2.83. The molecule has 0 aliphatic carbocycles. The lowest BCUT2D eigenvalue weighted by Crippen LogP contribution is -2.05. The van der Waals surface area contributed by atoms with E-state index in [1.54, 1.807) is 0 Å². The summed E-state index contributed by atoms with van der Waals surface area (Å²) < 4.78 is 5.39. The fraction of sp³-hybridized carbons (Fsp3) is 0.625. The molecule has 0 saturated heterocycles. The van der Waals surface area contributed by atoms with Crippen molar-refractivity contribution in [2.24, 2.45) is 0 Å². The Morgan fingerprint density at radius 2 is 2.42 bits per heavy atom. The second-order valence-corrected chi connectivity index (χ2v) is 3.98. The van der Waals surface area contributed by atoms with Gasteiger partial charge in [-0.15, -0.1) is 11.3 Å². The molecule has 0 aliphatic heterocycles. The van der Waals surface area contributed by atoms with E-state index >= 15 is 0 Å². The van der Waals surface area contributed by atoms with Crippen molar-refractivity contribution in [2.45, 2.75) is 26.4 Å². The molecule has 0 radical (unpaired) electrons. The lowest BCUT2D eigenvalue weighted by Gasteiger charge is -2.04. The number of ether oxygens (including phenoxy) is 1. The quantitative estimate of drug-likeness (QED) is 0.778. The van der Waals surface area contributed by atoms with Crippen LogP contribution < -0.4 is 5.73 Å². The molecule has 4 heteroatoms. The Bertz CT molecular complexity index is 235. The number of anilines is 1. The van der Waals surface area contributed by atoms with Crippen LogP contribution in [0.4, 0.5) is 5.13 Å². The molecule has 0 aliphatic rings. The van der Waals surface area contributed by atoms with E-state index in [0.717, 1.165) is 13.0 Å². The third-order valence-corrected chi connectivity index (χ3v) is 2.26. The molecule has 0 atom stereocenters. The molecule has 1 aromatic rings. The van der Waals surface area contributed by atoms with Crippen molar-refractivity contribution in [3.05, 3.63) is 11.1 Å². The van der Waals surface area contributed by atoms with E-state index in [4.69, 9.17) is 10.5 Å². The lowest BCUT2D eigenvalue weighted by molar-refractivity contribution is 0.0817. The van der Waals surface area contributed by atoms with Crippen molar-refractivity contribution >= 4 is 16.5 Å². The summed E-state index contributed by atoms with van der Waals surface area (Å²) in [6.45, 7) is 4.81. The molecule has 0 fully saturated rings. The molecule has 0 spiro atoms. The van der Waals surface area contributed by atoms with E-state index < -0.39 is 0 Å². The monoisotopic (exact) mass is 186 g/mol. The summed E-state index contributed by atoms with van der Waals surface area (Å²) in [6.07, 6.45) is 3.02. The summed E-state index contributed by atoms with van der Waals surface area (Å²) in [5.74, 6) is 0. The van der Waals surface area contributed by atoms with Gasteiger partial charge in [-0.05, 0) is 13.8 Å². The van der Waals surface area contributed by atoms with Gasteiger partial charge in [-0.3, -0.25) is 0 Å². The largest absolute Gasteiger partial charge is 0.378 e. The van der Waals surface area contributed by atoms with Crippen LogP contribution in [0.2, 0.25) is 0 Å². The summed E-state index contributed by atoms with van der Waals surface area (Å²) in [5.41, 5.74) is 5.48. The molecule has 1 heterocycles. The summed E-state index contributed by atoms with van der Waals surface area (Å²) in [6, 6.07) is 0. The first-order chi connectivity index (χ1) is 5.68. The Morgan fingerprint density at radius 1 is 1.67 bits per heavy atom. The summed E-state index contributed by atoms with van der Waals surface area (Å²) in [7, 11) is 0. The molecule has 1 aromatic heterocycles. The third-order valence-electron chi connectivity index (χ3n) is 1.37.